The second-order valence-corrected chi connectivity index (χ2v) is 13.5. The quantitative estimate of drug-likeness (QED) is 0.170. The summed E-state index contributed by atoms with van der Waals surface area (Å²) in [4.78, 5) is 7.32. The van der Waals surface area contributed by atoms with Gasteiger partial charge in [-0.05, 0) is 87.9 Å². The van der Waals surface area contributed by atoms with E-state index >= 15 is 0 Å². The highest BCUT2D eigenvalue weighted by atomic mass is 16.3. The minimum Gasteiger partial charge on any atom is -0.456 e. The van der Waals surface area contributed by atoms with Crippen LogP contribution < -0.4 is 4.90 Å². The molecule has 9 aromatic carbocycles. The van der Waals surface area contributed by atoms with E-state index < -0.39 is 0 Å². The SMILES string of the molecule is c1ccc(-c2cccc(N(c3ccc4oc5ccccc5c4c3)c3cccc4c3ccc3ccc5ccc6nc(-c7ccccc7)oc6c5c34)c2)cc1. The van der Waals surface area contributed by atoms with Crippen molar-refractivity contribution >= 4 is 82.4 Å². The van der Waals surface area contributed by atoms with Gasteiger partial charge in [0.15, 0.2) is 5.58 Å². The largest absolute Gasteiger partial charge is 0.456 e. The van der Waals surface area contributed by atoms with Crippen LogP contribution in [0.4, 0.5) is 17.1 Å². The van der Waals surface area contributed by atoms with Crippen molar-refractivity contribution in [3.63, 3.8) is 0 Å². The first-order chi connectivity index (χ1) is 26.3. The zero-order valence-corrected chi connectivity index (χ0v) is 28.5. The Balaban J connectivity index is 1.19. The fraction of sp³-hybridized carbons (Fsp3) is 0. The number of oxazole rings is 1. The minimum atomic E-state index is 0.623. The van der Waals surface area contributed by atoms with Gasteiger partial charge in [0.05, 0.1) is 5.69 Å². The molecule has 2 heterocycles. The number of rotatable bonds is 5. The van der Waals surface area contributed by atoms with Gasteiger partial charge >= 0.3 is 0 Å². The Morgan fingerprint density at radius 2 is 1.06 bits per heavy atom. The Morgan fingerprint density at radius 3 is 1.92 bits per heavy atom. The lowest BCUT2D eigenvalue weighted by Gasteiger charge is -2.28. The smallest absolute Gasteiger partial charge is 0.227 e. The van der Waals surface area contributed by atoms with E-state index in [1.165, 1.54) is 5.56 Å². The predicted octanol–water partition coefficient (Wildman–Crippen LogP) is 14.0. The summed E-state index contributed by atoms with van der Waals surface area (Å²) >= 11 is 0. The van der Waals surface area contributed by atoms with E-state index in [0.29, 0.717) is 5.89 Å². The van der Waals surface area contributed by atoms with Crippen molar-refractivity contribution in [3.8, 4) is 22.6 Å². The van der Waals surface area contributed by atoms with Gasteiger partial charge in [-0.25, -0.2) is 4.98 Å². The van der Waals surface area contributed by atoms with E-state index in [9.17, 15) is 0 Å². The molecule has 0 bridgehead atoms. The number of fused-ring (bicyclic) bond motifs is 10. The number of benzene rings is 9. The number of aromatic nitrogens is 1. The lowest BCUT2D eigenvalue weighted by atomic mass is 9.94. The summed E-state index contributed by atoms with van der Waals surface area (Å²) in [5.74, 6) is 0.623. The van der Waals surface area contributed by atoms with E-state index in [-0.39, 0.29) is 0 Å². The standard InChI is InChI=1S/C49H30N2O2/c1-3-11-31(12-4-1)35-15-9-16-36(29-35)51(37-25-28-45-41(30-37)39-17-7-8-20-44(39)52-45)43-19-10-18-40-38(43)26-23-32-21-22-33-24-27-42-48(47(33)46(32)40)53-49(50-42)34-13-5-2-6-14-34/h1-30H. The Bertz CT molecular complexity index is 3180. The molecule has 53 heavy (non-hydrogen) atoms. The van der Waals surface area contributed by atoms with Crippen LogP contribution in [0.1, 0.15) is 0 Å². The van der Waals surface area contributed by atoms with Gasteiger partial charge in [-0.3, -0.25) is 0 Å². The van der Waals surface area contributed by atoms with Crippen LogP contribution >= 0.6 is 0 Å². The number of hydrogen-bond donors (Lipinski definition) is 0. The molecule has 0 fully saturated rings. The molecule has 248 valence electrons. The average molecular weight is 679 g/mol. The molecule has 0 spiro atoms. The van der Waals surface area contributed by atoms with Crippen LogP contribution in [0.5, 0.6) is 0 Å². The molecule has 0 unspecified atom stereocenters. The maximum absolute atomic E-state index is 6.63. The first kappa shape index (κ1) is 29.5. The number of anilines is 3. The van der Waals surface area contributed by atoms with E-state index in [2.05, 4.69) is 144 Å². The first-order valence-corrected chi connectivity index (χ1v) is 17.9. The van der Waals surface area contributed by atoms with Gasteiger partial charge in [0, 0.05) is 43.9 Å². The maximum atomic E-state index is 6.63. The molecule has 0 saturated carbocycles. The summed E-state index contributed by atoms with van der Waals surface area (Å²) in [5.41, 5.74) is 9.87. The van der Waals surface area contributed by atoms with Crippen molar-refractivity contribution in [2.45, 2.75) is 0 Å². The summed E-state index contributed by atoms with van der Waals surface area (Å²) in [6, 6.07) is 64.0. The van der Waals surface area contributed by atoms with Gasteiger partial charge in [-0.15, -0.1) is 0 Å². The monoisotopic (exact) mass is 678 g/mol. The summed E-state index contributed by atoms with van der Waals surface area (Å²) in [7, 11) is 0. The van der Waals surface area contributed by atoms with Crippen molar-refractivity contribution in [3.05, 3.63) is 182 Å². The molecule has 0 amide bonds. The van der Waals surface area contributed by atoms with Gasteiger partial charge in [-0.2, -0.15) is 0 Å². The summed E-state index contributed by atoms with van der Waals surface area (Å²) < 4.78 is 12.9. The lowest BCUT2D eigenvalue weighted by Crippen LogP contribution is -2.10. The Labute approximate surface area is 304 Å². The van der Waals surface area contributed by atoms with E-state index in [0.717, 1.165) is 93.5 Å². The molecule has 0 N–H and O–H groups in total. The first-order valence-electron chi connectivity index (χ1n) is 17.9. The maximum Gasteiger partial charge on any atom is 0.227 e. The van der Waals surface area contributed by atoms with Gasteiger partial charge in [0.1, 0.15) is 16.7 Å². The summed E-state index contributed by atoms with van der Waals surface area (Å²) in [6.07, 6.45) is 0. The van der Waals surface area contributed by atoms with Crippen LogP contribution in [0.25, 0.3) is 87.9 Å². The minimum absolute atomic E-state index is 0.623. The Morgan fingerprint density at radius 1 is 0.396 bits per heavy atom. The third-order valence-corrected chi connectivity index (χ3v) is 10.4. The van der Waals surface area contributed by atoms with Crippen LogP contribution in [0, 0.1) is 0 Å². The fourth-order valence-corrected chi connectivity index (χ4v) is 7.99. The van der Waals surface area contributed by atoms with Crippen molar-refractivity contribution < 1.29 is 8.83 Å². The van der Waals surface area contributed by atoms with Crippen molar-refractivity contribution in [1.29, 1.82) is 0 Å². The van der Waals surface area contributed by atoms with Crippen LogP contribution in [-0.2, 0) is 0 Å². The average Bonchev–Trinajstić information content (AvgIpc) is 3.84. The van der Waals surface area contributed by atoms with Crippen LogP contribution in [0.15, 0.2) is 191 Å². The second-order valence-electron chi connectivity index (χ2n) is 13.5. The molecule has 4 heteroatoms. The second kappa shape index (κ2) is 11.7. The summed E-state index contributed by atoms with van der Waals surface area (Å²) in [5, 5.41) is 8.95. The Hall–Kier alpha value is -7.17. The molecule has 11 rings (SSSR count). The molecule has 0 aliphatic carbocycles. The molecule has 0 radical (unpaired) electrons. The van der Waals surface area contributed by atoms with Gasteiger partial charge < -0.3 is 13.7 Å². The highest BCUT2D eigenvalue weighted by Crippen LogP contribution is 2.45. The molecule has 4 nitrogen and oxygen atoms in total. The van der Waals surface area contributed by atoms with Crippen molar-refractivity contribution in [2.75, 3.05) is 4.90 Å². The topological polar surface area (TPSA) is 42.4 Å². The van der Waals surface area contributed by atoms with Crippen molar-refractivity contribution in [2.24, 2.45) is 0 Å². The third kappa shape index (κ3) is 4.73. The fourth-order valence-electron chi connectivity index (χ4n) is 7.99. The van der Waals surface area contributed by atoms with E-state index in [1.54, 1.807) is 0 Å². The molecular weight excluding hydrogens is 649 g/mol. The van der Waals surface area contributed by atoms with Crippen LogP contribution in [-0.4, -0.2) is 4.98 Å². The molecule has 11 aromatic rings. The molecule has 0 saturated heterocycles. The molecular formula is C49H30N2O2. The normalized spacial score (nSPS) is 11.8. The van der Waals surface area contributed by atoms with Gasteiger partial charge in [0.25, 0.3) is 0 Å². The third-order valence-electron chi connectivity index (χ3n) is 10.4. The highest BCUT2D eigenvalue weighted by molar-refractivity contribution is 6.27. The molecule has 0 atom stereocenters. The number of para-hydroxylation sites is 1. The van der Waals surface area contributed by atoms with Crippen molar-refractivity contribution in [1.82, 2.24) is 4.98 Å². The molecule has 0 aliphatic heterocycles. The lowest BCUT2D eigenvalue weighted by molar-refractivity contribution is 0.623. The van der Waals surface area contributed by atoms with Gasteiger partial charge in [0.2, 0.25) is 5.89 Å². The predicted molar refractivity (Wildman–Crippen MR) is 219 cm³/mol. The summed E-state index contributed by atoms with van der Waals surface area (Å²) in [6.45, 7) is 0. The molecule has 2 aromatic heterocycles. The number of hydrogen-bond acceptors (Lipinski definition) is 4. The van der Waals surface area contributed by atoms with Gasteiger partial charge in [-0.1, -0.05) is 121 Å². The number of nitrogens with zero attached hydrogens (tertiary/aromatic N) is 2. The van der Waals surface area contributed by atoms with E-state index in [4.69, 9.17) is 13.8 Å². The van der Waals surface area contributed by atoms with E-state index in [1.807, 2.05) is 42.5 Å². The Kier molecular flexibility index (Phi) is 6.52. The number of furan rings is 1. The zero-order valence-electron chi connectivity index (χ0n) is 28.5. The zero-order chi connectivity index (χ0) is 34.9. The van der Waals surface area contributed by atoms with Crippen LogP contribution in [0.2, 0.25) is 0 Å². The molecule has 0 aliphatic rings. The van der Waals surface area contributed by atoms with Crippen LogP contribution in [0.3, 0.4) is 0 Å². The highest BCUT2D eigenvalue weighted by Gasteiger charge is 2.21.